The highest BCUT2D eigenvalue weighted by molar-refractivity contribution is 6.32. The number of aliphatic hydroxyl groups is 1. The van der Waals surface area contributed by atoms with Gasteiger partial charge in [-0.15, -0.1) is 0 Å². The Kier molecular flexibility index (Phi) is 5.49. The van der Waals surface area contributed by atoms with Crippen LogP contribution in [0, 0.1) is 6.92 Å². The van der Waals surface area contributed by atoms with Crippen molar-refractivity contribution in [1.29, 1.82) is 0 Å². The van der Waals surface area contributed by atoms with Crippen molar-refractivity contribution in [1.82, 2.24) is 15.5 Å². The summed E-state index contributed by atoms with van der Waals surface area (Å²) in [5.74, 6) is 0.939. The normalized spacial score (nSPS) is 12.3. The van der Waals surface area contributed by atoms with E-state index in [9.17, 15) is 9.90 Å². The fraction of sp³-hybridized carbons (Fsp3) is 0.333. The molecule has 0 aliphatic rings. The number of aromatic amines is 1. The third-order valence-electron chi connectivity index (χ3n) is 3.73. The molecule has 7 nitrogen and oxygen atoms in total. The standard InChI is InChI=1S/C18H20ClN3O4/c1-10-3-14(26-22-10)9-25-17-7-16-12(6-15(17)19)5-13(21-16)8-20-18(24)4-11(2)23/h3,5-7,11,21,23H,4,8-9H2,1-2H3,(H,20,24)/t11-/m1/s1. The molecule has 1 atom stereocenters. The lowest BCUT2D eigenvalue weighted by Crippen LogP contribution is -2.25. The second kappa shape index (κ2) is 7.80. The zero-order valence-corrected chi connectivity index (χ0v) is 15.3. The van der Waals surface area contributed by atoms with E-state index in [0.29, 0.717) is 23.1 Å². The fourth-order valence-corrected chi connectivity index (χ4v) is 2.79. The molecule has 1 aromatic carbocycles. The van der Waals surface area contributed by atoms with Crippen LogP contribution >= 0.6 is 11.6 Å². The molecule has 0 saturated heterocycles. The molecule has 0 bridgehead atoms. The first-order chi connectivity index (χ1) is 12.4. The van der Waals surface area contributed by atoms with Crippen molar-refractivity contribution >= 4 is 28.4 Å². The average molecular weight is 378 g/mol. The van der Waals surface area contributed by atoms with E-state index in [4.69, 9.17) is 20.9 Å². The van der Waals surface area contributed by atoms with Crippen LogP contribution in [-0.2, 0) is 17.9 Å². The third kappa shape index (κ3) is 4.56. The number of hydrogen-bond donors (Lipinski definition) is 3. The predicted octanol–water partition coefficient (Wildman–Crippen LogP) is 3.08. The van der Waals surface area contributed by atoms with E-state index in [-0.39, 0.29) is 18.9 Å². The van der Waals surface area contributed by atoms with Crippen LogP contribution in [-0.4, -0.2) is 27.3 Å². The molecule has 0 aliphatic heterocycles. The van der Waals surface area contributed by atoms with E-state index in [0.717, 1.165) is 22.3 Å². The molecule has 138 valence electrons. The summed E-state index contributed by atoms with van der Waals surface area (Å²) in [5.41, 5.74) is 2.47. The SMILES string of the molecule is Cc1cc(COc2cc3[nH]c(CNC(=O)C[C@@H](C)O)cc3cc2Cl)on1. The molecule has 2 heterocycles. The van der Waals surface area contributed by atoms with Crippen molar-refractivity contribution in [2.24, 2.45) is 0 Å². The number of fused-ring (bicyclic) bond motifs is 1. The maximum atomic E-state index is 11.6. The van der Waals surface area contributed by atoms with Gasteiger partial charge in [0.25, 0.3) is 0 Å². The number of H-pyrrole nitrogens is 1. The Bertz CT molecular complexity index is 916. The number of aromatic nitrogens is 2. The van der Waals surface area contributed by atoms with Crippen LogP contribution in [0.3, 0.4) is 0 Å². The van der Waals surface area contributed by atoms with Crippen LogP contribution in [0.1, 0.15) is 30.5 Å². The van der Waals surface area contributed by atoms with Gasteiger partial charge in [0.2, 0.25) is 5.91 Å². The summed E-state index contributed by atoms with van der Waals surface area (Å²) < 4.78 is 10.8. The number of ether oxygens (including phenoxy) is 1. The minimum atomic E-state index is -0.663. The summed E-state index contributed by atoms with van der Waals surface area (Å²) >= 11 is 6.29. The van der Waals surface area contributed by atoms with E-state index in [1.165, 1.54) is 0 Å². The van der Waals surface area contributed by atoms with Crippen molar-refractivity contribution in [3.8, 4) is 5.75 Å². The van der Waals surface area contributed by atoms with Gasteiger partial charge in [-0.3, -0.25) is 4.79 Å². The van der Waals surface area contributed by atoms with Crippen LogP contribution in [0.2, 0.25) is 5.02 Å². The molecular weight excluding hydrogens is 358 g/mol. The molecule has 3 rings (SSSR count). The molecule has 8 heteroatoms. The molecule has 0 radical (unpaired) electrons. The van der Waals surface area contributed by atoms with Crippen LogP contribution in [0.5, 0.6) is 5.75 Å². The van der Waals surface area contributed by atoms with E-state index in [2.05, 4.69) is 15.5 Å². The molecule has 0 fully saturated rings. The summed E-state index contributed by atoms with van der Waals surface area (Å²) in [6, 6.07) is 7.32. The number of halogens is 1. The number of benzene rings is 1. The summed E-state index contributed by atoms with van der Waals surface area (Å²) in [7, 11) is 0. The number of carbonyl (C=O) groups is 1. The van der Waals surface area contributed by atoms with Gasteiger partial charge in [-0.2, -0.15) is 0 Å². The molecule has 0 saturated carbocycles. The third-order valence-corrected chi connectivity index (χ3v) is 4.03. The number of amides is 1. The number of carbonyl (C=O) groups excluding carboxylic acids is 1. The van der Waals surface area contributed by atoms with E-state index in [1.807, 2.05) is 19.1 Å². The summed E-state index contributed by atoms with van der Waals surface area (Å²) in [4.78, 5) is 14.9. The highest BCUT2D eigenvalue weighted by Crippen LogP contribution is 2.31. The van der Waals surface area contributed by atoms with Gasteiger partial charge in [0.1, 0.15) is 12.4 Å². The van der Waals surface area contributed by atoms with Crippen molar-refractivity contribution in [2.45, 2.75) is 39.5 Å². The Hall–Kier alpha value is -2.51. The van der Waals surface area contributed by atoms with E-state index < -0.39 is 6.10 Å². The zero-order valence-electron chi connectivity index (χ0n) is 14.5. The van der Waals surface area contributed by atoms with Crippen LogP contribution in [0.25, 0.3) is 10.9 Å². The minimum Gasteiger partial charge on any atom is -0.484 e. The Balaban J connectivity index is 1.68. The number of nitrogens with zero attached hydrogens (tertiary/aromatic N) is 1. The van der Waals surface area contributed by atoms with Crippen LogP contribution in [0.15, 0.2) is 28.8 Å². The van der Waals surface area contributed by atoms with Gasteiger partial charge in [0.05, 0.1) is 29.8 Å². The van der Waals surface area contributed by atoms with Crippen molar-refractivity contribution in [3.63, 3.8) is 0 Å². The molecule has 0 spiro atoms. The van der Waals surface area contributed by atoms with Gasteiger partial charge in [-0.05, 0) is 26.0 Å². The maximum Gasteiger partial charge on any atom is 0.222 e. The second-order valence-electron chi connectivity index (χ2n) is 6.22. The van der Waals surface area contributed by atoms with Gasteiger partial charge in [0.15, 0.2) is 5.76 Å². The lowest BCUT2D eigenvalue weighted by Gasteiger charge is -2.06. The lowest BCUT2D eigenvalue weighted by atomic mass is 10.2. The quantitative estimate of drug-likeness (QED) is 0.587. The predicted molar refractivity (Wildman–Crippen MR) is 97.0 cm³/mol. The fourth-order valence-electron chi connectivity index (χ4n) is 2.57. The van der Waals surface area contributed by atoms with Crippen LogP contribution < -0.4 is 10.1 Å². The average Bonchev–Trinajstić information content (AvgIpc) is 3.15. The highest BCUT2D eigenvalue weighted by Gasteiger charge is 2.11. The summed E-state index contributed by atoms with van der Waals surface area (Å²) in [6.45, 7) is 3.99. The monoisotopic (exact) mass is 377 g/mol. The molecule has 26 heavy (non-hydrogen) atoms. The first kappa shape index (κ1) is 18.3. The van der Waals surface area contributed by atoms with E-state index in [1.54, 1.807) is 19.1 Å². The Morgan fingerprint density at radius 1 is 1.42 bits per heavy atom. The largest absolute Gasteiger partial charge is 0.484 e. The molecule has 1 amide bonds. The first-order valence-electron chi connectivity index (χ1n) is 8.21. The van der Waals surface area contributed by atoms with Crippen LogP contribution in [0.4, 0.5) is 0 Å². The number of nitrogens with one attached hydrogen (secondary N) is 2. The summed E-state index contributed by atoms with van der Waals surface area (Å²) in [5, 5.41) is 17.2. The number of aryl methyl sites for hydroxylation is 1. The summed E-state index contributed by atoms with van der Waals surface area (Å²) in [6.07, 6.45) is -0.588. The van der Waals surface area contributed by atoms with Gasteiger partial charge >= 0.3 is 0 Å². The highest BCUT2D eigenvalue weighted by atomic mass is 35.5. The Morgan fingerprint density at radius 3 is 2.92 bits per heavy atom. The van der Waals surface area contributed by atoms with Gasteiger partial charge < -0.3 is 24.7 Å². The van der Waals surface area contributed by atoms with Crippen molar-refractivity contribution < 1.29 is 19.2 Å². The Morgan fingerprint density at radius 2 is 2.23 bits per heavy atom. The van der Waals surface area contributed by atoms with Gasteiger partial charge in [-0.25, -0.2) is 0 Å². The molecule has 3 aromatic rings. The number of aliphatic hydroxyl groups excluding tert-OH is 1. The smallest absolute Gasteiger partial charge is 0.222 e. The van der Waals surface area contributed by atoms with Gasteiger partial charge in [0, 0.05) is 28.7 Å². The topological polar surface area (TPSA) is 100 Å². The van der Waals surface area contributed by atoms with E-state index >= 15 is 0 Å². The molecule has 3 N–H and O–H groups in total. The van der Waals surface area contributed by atoms with Gasteiger partial charge in [-0.1, -0.05) is 16.8 Å². The Labute approximate surface area is 155 Å². The molecule has 2 aromatic heterocycles. The second-order valence-corrected chi connectivity index (χ2v) is 6.62. The lowest BCUT2D eigenvalue weighted by molar-refractivity contribution is -0.122. The molecule has 0 unspecified atom stereocenters. The number of hydrogen-bond acceptors (Lipinski definition) is 5. The first-order valence-corrected chi connectivity index (χ1v) is 8.59. The molecule has 0 aliphatic carbocycles. The maximum absolute atomic E-state index is 11.6. The minimum absolute atomic E-state index is 0.0746. The van der Waals surface area contributed by atoms with Crippen molar-refractivity contribution in [3.05, 3.63) is 46.4 Å². The van der Waals surface area contributed by atoms with Crippen molar-refractivity contribution in [2.75, 3.05) is 0 Å². The molecular formula is C18H20ClN3O4. The number of rotatable bonds is 7. The zero-order chi connectivity index (χ0) is 18.7.